The van der Waals surface area contributed by atoms with Crippen molar-refractivity contribution in [3.8, 4) is 0 Å². The van der Waals surface area contributed by atoms with Crippen LogP contribution in [0.5, 0.6) is 0 Å². The van der Waals surface area contributed by atoms with Gasteiger partial charge in [0.05, 0.1) is 5.60 Å². The fraction of sp³-hybridized carbons (Fsp3) is 0.600. The first-order valence-corrected chi connectivity index (χ1v) is 7.19. The van der Waals surface area contributed by atoms with Gasteiger partial charge in [0, 0.05) is 16.4 Å². The Hall–Kier alpha value is -0.380. The summed E-state index contributed by atoms with van der Waals surface area (Å²) in [6, 6.07) is 8.13. The molecular weight excluding hydrogens is 290 g/mol. The summed E-state index contributed by atoms with van der Waals surface area (Å²) in [6.45, 7) is 9.13. The van der Waals surface area contributed by atoms with Crippen molar-refractivity contribution in [1.82, 2.24) is 5.32 Å². The minimum absolute atomic E-state index is 0.105. The van der Waals surface area contributed by atoms with Crippen LogP contribution < -0.4 is 5.32 Å². The number of rotatable bonds is 5. The molecule has 0 heterocycles. The molecule has 18 heavy (non-hydrogen) atoms. The summed E-state index contributed by atoms with van der Waals surface area (Å²) >= 11 is 3.42. The molecule has 0 bridgehead atoms. The molecular formula is C15H24BrNO. The SMILES string of the molecule is CC(O)(CCNC(C)(C)C)Cc1ccc(Br)cc1. The molecule has 102 valence electrons. The highest BCUT2D eigenvalue weighted by molar-refractivity contribution is 9.10. The Labute approximate surface area is 119 Å². The zero-order chi connectivity index (χ0) is 13.8. The first-order chi connectivity index (χ1) is 8.18. The molecule has 2 N–H and O–H groups in total. The van der Waals surface area contributed by atoms with Gasteiger partial charge in [-0.3, -0.25) is 0 Å². The highest BCUT2D eigenvalue weighted by atomic mass is 79.9. The maximum absolute atomic E-state index is 10.4. The number of hydrogen-bond donors (Lipinski definition) is 2. The molecule has 1 atom stereocenters. The van der Waals surface area contributed by atoms with Gasteiger partial charge in [-0.1, -0.05) is 28.1 Å². The van der Waals surface area contributed by atoms with E-state index in [1.165, 1.54) is 5.56 Å². The molecule has 1 rings (SSSR count). The molecule has 3 heteroatoms. The minimum atomic E-state index is -0.661. The van der Waals surface area contributed by atoms with Gasteiger partial charge < -0.3 is 10.4 Å². The fourth-order valence-electron chi connectivity index (χ4n) is 1.84. The average Bonchev–Trinajstić information content (AvgIpc) is 2.18. The maximum Gasteiger partial charge on any atom is 0.0672 e. The summed E-state index contributed by atoms with van der Waals surface area (Å²) in [5.41, 5.74) is 0.610. The van der Waals surface area contributed by atoms with Gasteiger partial charge in [0.25, 0.3) is 0 Å². The van der Waals surface area contributed by atoms with Gasteiger partial charge >= 0.3 is 0 Å². The third-order valence-electron chi connectivity index (χ3n) is 2.82. The Kier molecular flexibility index (Phi) is 5.38. The zero-order valence-corrected chi connectivity index (χ0v) is 13.3. The van der Waals surface area contributed by atoms with Crippen LogP contribution in [-0.2, 0) is 6.42 Å². The molecule has 0 aliphatic rings. The summed E-state index contributed by atoms with van der Waals surface area (Å²) in [5.74, 6) is 0. The average molecular weight is 314 g/mol. The molecule has 0 aliphatic carbocycles. The van der Waals surface area contributed by atoms with Crippen molar-refractivity contribution in [2.45, 2.75) is 51.7 Å². The summed E-state index contributed by atoms with van der Waals surface area (Å²) in [4.78, 5) is 0. The van der Waals surface area contributed by atoms with Gasteiger partial charge in [-0.05, 0) is 58.4 Å². The van der Waals surface area contributed by atoms with Crippen LogP contribution in [0.25, 0.3) is 0 Å². The smallest absolute Gasteiger partial charge is 0.0672 e. The van der Waals surface area contributed by atoms with E-state index in [2.05, 4.69) is 54.2 Å². The molecule has 0 fully saturated rings. The van der Waals surface area contributed by atoms with E-state index in [0.717, 1.165) is 17.4 Å². The van der Waals surface area contributed by atoms with E-state index in [4.69, 9.17) is 0 Å². The maximum atomic E-state index is 10.4. The summed E-state index contributed by atoms with van der Waals surface area (Å²) < 4.78 is 1.07. The van der Waals surface area contributed by atoms with E-state index < -0.39 is 5.60 Å². The quantitative estimate of drug-likeness (QED) is 0.871. The van der Waals surface area contributed by atoms with Gasteiger partial charge in [-0.15, -0.1) is 0 Å². The topological polar surface area (TPSA) is 32.3 Å². The molecule has 1 unspecified atom stereocenters. The second-order valence-electron chi connectivity index (χ2n) is 6.23. The molecule has 0 aromatic heterocycles. The third-order valence-corrected chi connectivity index (χ3v) is 3.35. The first kappa shape index (κ1) is 15.7. The van der Waals surface area contributed by atoms with Crippen LogP contribution in [0.2, 0.25) is 0 Å². The van der Waals surface area contributed by atoms with Crippen molar-refractivity contribution < 1.29 is 5.11 Å². The molecule has 0 saturated carbocycles. The molecule has 0 spiro atoms. The van der Waals surface area contributed by atoms with Crippen LogP contribution in [-0.4, -0.2) is 22.8 Å². The van der Waals surface area contributed by atoms with Crippen LogP contribution in [0.3, 0.4) is 0 Å². The van der Waals surface area contributed by atoms with Gasteiger partial charge in [-0.25, -0.2) is 0 Å². The molecule has 0 aliphatic heterocycles. The lowest BCUT2D eigenvalue weighted by Crippen LogP contribution is -2.40. The van der Waals surface area contributed by atoms with Gasteiger partial charge in [0.2, 0.25) is 0 Å². The van der Waals surface area contributed by atoms with Gasteiger partial charge in [0.15, 0.2) is 0 Å². The zero-order valence-electron chi connectivity index (χ0n) is 11.8. The Balaban J connectivity index is 2.46. The van der Waals surface area contributed by atoms with E-state index in [-0.39, 0.29) is 5.54 Å². The van der Waals surface area contributed by atoms with Crippen LogP contribution in [0.4, 0.5) is 0 Å². The number of benzene rings is 1. The summed E-state index contributed by atoms with van der Waals surface area (Å²) in [6.07, 6.45) is 1.44. The lowest BCUT2D eigenvalue weighted by molar-refractivity contribution is 0.0499. The third kappa shape index (κ3) is 6.53. The number of aliphatic hydroxyl groups is 1. The summed E-state index contributed by atoms with van der Waals surface area (Å²) in [5, 5.41) is 13.8. The van der Waals surface area contributed by atoms with Crippen molar-refractivity contribution in [2.24, 2.45) is 0 Å². The lowest BCUT2D eigenvalue weighted by Gasteiger charge is -2.27. The van der Waals surface area contributed by atoms with Gasteiger partial charge in [0.1, 0.15) is 0 Å². The highest BCUT2D eigenvalue weighted by Gasteiger charge is 2.21. The molecule has 1 aromatic rings. The number of hydrogen-bond acceptors (Lipinski definition) is 2. The predicted molar refractivity (Wildman–Crippen MR) is 80.8 cm³/mol. The van der Waals surface area contributed by atoms with E-state index in [0.29, 0.717) is 6.42 Å². The van der Waals surface area contributed by atoms with Crippen molar-refractivity contribution in [1.29, 1.82) is 0 Å². The van der Waals surface area contributed by atoms with Crippen LogP contribution in [0, 0.1) is 0 Å². The monoisotopic (exact) mass is 313 g/mol. The second-order valence-corrected chi connectivity index (χ2v) is 7.14. The van der Waals surface area contributed by atoms with Crippen molar-refractivity contribution >= 4 is 15.9 Å². The highest BCUT2D eigenvalue weighted by Crippen LogP contribution is 2.19. The van der Waals surface area contributed by atoms with Crippen molar-refractivity contribution in [2.75, 3.05) is 6.54 Å². The molecule has 0 saturated heterocycles. The van der Waals surface area contributed by atoms with Crippen molar-refractivity contribution in [3.05, 3.63) is 34.3 Å². The molecule has 2 nitrogen and oxygen atoms in total. The fourth-order valence-corrected chi connectivity index (χ4v) is 2.10. The lowest BCUT2D eigenvalue weighted by atomic mass is 9.93. The van der Waals surface area contributed by atoms with Crippen molar-refractivity contribution in [3.63, 3.8) is 0 Å². The Morgan fingerprint density at radius 1 is 1.11 bits per heavy atom. The molecule has 0 radical (unpaired) electrons. The molecule has 0 amide bonds. The van der Waals surface area contributed by atoms with E-state index in [9.17, 15) is 5.11 Å². The predicted octanol–water partition coefficient (Wildman–Crippen LogP) is 3.52. The van der Waals surface area contributed by atoms with Crippen LogP contribution in [0.1, 0.15) is 39.7 Å². The van der Waals surface area contributed by atoms with E-state index in [1.807, 2.05) is 19.1 Å². The second kappa shape index (κ2) is 6.18. The number of nitrogens with one attached hydrogen (secondary N) is 1. The Morgan fingerprint density at radius 2 is 1.67 bits per heavy atom. The van der Waals surface area contributed by atoms with Gasteiger partial charge in [-0.2, -0.15) is 0 Å². The Morgan fingerprint density at radius 3 is 2.17 bits per heavy atom. The standard InChI is InChI=1S/C15H24BrNO/c1-14(2,3)17-10-9-15(4,18)11-12-5-7-13(16)8-6-12/h5-8,17-18H,9-11H2,1-4H3. The van der Waals surface area contributed by atoms with E-state index >= 15 is 0 Å². The number of halogens is 1. The largest absolute Gasteiger partial charge is 0.390 e. The van der Waals surface area contributed by atoms with Crippen LogP contribution >= 0.6 is 15.9 Å². The van der Waals surface area contributed by atoms with Crippen LogP contribution in [0.15, 0.2) is 28.7 Å². The minimum Gasteiger partial charge on any atom is -0.390 e. The molecule has 1 aromatic carbocycles. The summed E-state index contributed by atoms with van der Waals surface area (Å²) in [7, 11) is 0. The van der Waals surface area contributed by atoms with E-state index in [1.54, 1.807) is 0 Å². The normalized spacial score (nSPS) is 15.4. The Bertz CT molecular complexity index is 365. The first-order valence-electron chi connectivity index (χ1n) is 6.40.